The summed E-state index contributed by atoms with van der Waals surface area (Å²) in [5.74, 6) is 0.904. The number of aromatic amines is 1. The number of benzene rings is 2. The molecule has 0 aliphatic carbocycles. The van der Waals surface area contributed by atoms with Crippen LogP contribution in [0.25, 0.3) is 10.9 Å². The molecule has 0 saturated carbocycles. The van der Waals surface area contributed by atoms with Crippen LogP contribution in [0, 0.1) is 18.3 Å². The molecule has 178 valence electrons. The van der Waals surface area contributed by atoms with Crippen LogP contribution in [0.15, 0.2) is 70.3 Å². The molecule has 2 aromatic heterocycles. The first-order valence-corrected chi connectivity index (χ1v) is 13.1. The van der Waals surface area contributed by atoms with Crippen LogP contribution in [0.1, 0.15) is 21.6 Å². The monoisotopic (exact) mass is 510 g/mol. The van der Waals surface area contributed by atoms with Crippen molar-refractivity contribution in [1.82, 2.24) is 10.3 Å². The van der Waals surface area contributed by atoms with E-state index in [2.05, 4.69) is 52.5 Å². The van der Waals surface area contributed by atoms with Gasteiger partial charge >= 0.3 is 0 Å². The summed E-state index contributed by atoms with van der Waals surface area (Å²) in [6, 6.07) is 22.4. The SMILES string of the molecule is CNCC(C#N)SCc1ccccc1.CNc1cc(C)cc2cc(C=O)[nH]c12.Sc1cccs1. The third-order valence-electron chi connectivity index (χ3n) is 4.62. The number of H-pyrrole nitrogens is 1. The Bertz CT molecular complexity index is 1170. The van der Waals surface area contributed by atoms with Crippen LogP contribution in [0.2, 0.25) is 0 Å². The number of aldehydes is 1. The van der Waals surface area contributed by atoms with Crippen LogP contribution in [-0.2, 0) is 5.75 Å². The number of anilines is 1. The van der Waals surface area contributed by atoms with Gasteiger partial charge < -0.3 is 15.6 Å². The number of nitrogens with zero attached hydrogens (tertiary/aromatic N) is 1. The molecule has 3 N–H and O–H groups in total. The van der Waals surface area contributed by atoms with Crippen molar-refractivity contribution in [2.24, 2.45) is 0 Å². The van der Waals surface area contributed by atoms with Gasteiger partial charge in [0.15, 0.2) is 6.29 Å². The van der Waals surface area contributed by atoms with E-state index in [1.165, 1.54) is 11.1 Å². The summed E-state index contributed by atoms with van der Waals surface area (Å²) in [6.45, 7) is 2.78. The normalized spacial score (nSPS) is 10.8. The summed E-state index contributed by atoms with van der Waals surface area (Å²) in [5, 5.41) is 18.0. The summed E-state index contributed by atoms with van der Waals surface area (Å²) in [6.07, 6.45) is 0.828. The molecule has 1 unspecified atom stereocenters. The van der Waals surface area contributed by atoms with E-state index in [1.807, 2.05) is 68.9 Å². The molecular formula is C26H30N4OS3. The number of aryl methyl sites for hydroxylation is 1. The molecule has 2 heterocycles. The number of thiol groups is 1. The Kier molecular flexibility index (Phi) is 12.4. The first kappa shape index (κ1) is 27.5. The minimum Gasteiger partial charge on any atom is -0.386 e. The Morgan fingerprint density at radius 1 is 1.18 bits per heavy atom. The minimum atomic E-state index is 0.0419. The average molecular weight is 511 g/mol. The molecular weight excluding hydrogens is 481 g/mol. The van der Waals surface area contributed by atoms with E-state index in [4.69, 9.17) is 5.26 Å². The smallest absolute Gasteiger partial charge is 0.166 e. The summed E-state index contributed by atoms with van der Waals surface area (Å²) in [5.41, 5.74) is 5.07. The lowest BCUT2D eigenvalue weighted by Gasteiger charge is -2.07. The van der Waals surface area contributed by atoms with Gasteiger partial charge in [-0.15, -0.1) is 35.7 Å². The highest BCUT2D eigenvalue weighted by molar-refractivity contribution is 7.99. The molecule has 1 atom stereocenters. The van der Waals surface area contributed by atoms with Crippen molar-refractivity contribution >= 4 is 58.6 Å². The van der Waals surface area contributed by atoms with E-state index < -0.39 is 0 Å². The lowest BCUT2D eigenvalue weighted by molar-refractivity contribution is 0.112. The standard InChI is InChI=1S/C11H12N2O.C11H14N2S.C4H4S2/c1-7-3-8-5-9(6-14)13-11(8)10(4-7)12-2;1-13-8-11(7-12)14-9-10-5-3-2-4-6-10;5-4-2-1-3-6-4/h3-6,12-13H,1-2H3;2-6,11,13H,8-9H2,1H3;1-3,5H. The van der Waals surface area contributed by atoms with Crippen LogP contribution in [0.4, 0.5) is 5.69 Å². The van der Waals surface area contributed by atoms with Gasteiger partial charge in [0.2, 0.25) is 0 Å². The molecule has 2 aromatic carbocycles. The quantitative estimate of drug-likeness (QED) is 0.171. The Morgan fingerprint density at radius 2 is 1.94 bits per heavy atom. The van der Waals surface area contributed by atoms with Crippen molar-refractivity contribution in [2.75, 3.05) is 26.0 Å². The van der Waals surface area contributed by atoms with Gasteiger partial charge in [-0.3, -0.25) is 4.79 Å². The van der Waals surface area contributed by atoms with Gasteiger partial charge in [0.25, 0.3) is 0 Å². The summed E-state index contributed by atoms with van der Waals surface area (Å²) in [4.78, 5) is 13.7. The van der Waals surface area contributed by atoms with Crippen molar-refractivity contribution in [3.05, 3.63) is 82.9 Å². The van der Waals surface area contributed by atoms with E-state index in [1.54, 1.807) is 23.1 Å². The van der Waals surface area contributed by atoms with Gasteiger partial charge in [-0.1, -0.05) is 36.4 Å². The first-order valence-electron chi connectivity index (χ1n) is 10.7. The molecule has 8 heteroatoms. The van der Waals surface area contributed by atoms with Gasteiger partial charge in [0.1, 0.15) is 5.25 Å². The van der Waals surface area contributed by atoms with Crippen molar-refractivity contribution in [3.8, 4) is 6.07 Å². The molecule has 0 aliphatic heterocycles. The highest BCUT2D eigenvalue weighted by Gasteiger charge is 2.06. The van der Waals surface area contributed by atoms with E-state index in [9.17, 15) is 4.79 Å². The topological polar surface area (TPSA) is 80.7 Å². The number of hydrogen-bond donors (Lipinski definition) is 4. The number of carbonyl (C=O) groups excluding carboxylic acids is 1. The van der Waals surface area contributed by atoms with Crippen molar-refractivity contribution in [1.29, 1.82) is 5.26 Å². The molecule has 4 rings (SSSR count). The molecule has 0 amide bonds. The summed E-state index contributed by atoms with van der Waals surface area (Å²) >= 11 is 7.37. The van der Waals surface area contributed by atoms with Gasteiger partial charge in [-0.05, 0) is 54.7 Å². The number of thiophene rings is 1. The molecule has 0 fully saturated rings. The predicted molar refractivity (Wildman–Crippen MR) is 151 cm³/mol. The Hall–Kier alpha value is -2.70. The fraction of sp³-hybridized carbons (Fsp3) is 0.231. The minimum absolute atomic E-state index is 0.0419. The number of nitriles is 1. The van der Waals surface area contributed by atoms with E-state index in [0.717, 1.165) is 39.4 Å². The van der Waals surface area contributed by atoms with Gasteiger partial charge in [-0.2, -0.15) is 5.26 Å². The zero-order valence-corrected chi connectivity index (χ0v) is 22.1. The average Bonchev–Trinajstić information content (AvgIpc) is 3.51. The second-order valence-electron chi connectivity index (χ2n) is 7.29. The van der Waals surface area contributed by atoms with Gasteiger partial charge in [-0.25, -0.2) is 0 Å². The van der Waals surface area contributed by atoms with Crippen molar-refractivity contribution in [2.45, 2.75) is 22.1 Å². The zero-order valence-electron chi connectivity index (χ0n) is 19.5. The number of carbonyl (C=O) groups is 1. The van der Waals surface area contributed by atoms with Crippen molar-refractivity contribution < 1.29 is 4.79 Å². The fourth-order valence-corrected chi connectivity index (χ4v) is 4.71. The van der Waals surface area contributed by atoms with Crippen LogP contribution >= 0.6 is 35.7 Å². The molecule has 34 heavy (non-hydrogen) atoms. The largest absolute Gasteiger partial charge is 0.386 e. The van der Waals surface area contributed by atoms with Crippen LogP contribution in [0.3, 0.4) is 0 Å². The Morgan fingerprint density at radius 3 is 2.47 bits per heavy atom. The number of fused-ring (bicyclic) bond motifs is 1. The molecule has 0 aliphatic rings. The van der Waals surface area contributed by atoms with Crippen LogP contribution < -0.4 is 10.6 Å². The molecule has 5 nitrogen and oxygen atoms in total. The van der Waals surface area contributed by atoms with Gasteiger partial charge in [0.05, 0.1) is 27.2 Å². The van der Waals surface area contributed by atoms with E-state index >= 15 is 0 Å². The number of hydrogen-bond acceptors (Lipinski definition) is 7. The number of aromatic nitrogens is 1. The maximum Gasteiger partial charge on any atom is 0.166 e. The highest BCUT2D eigenvalue weighted by atomic mass is 32.2. The predicted octanol–water partition coefficient (Wildman–Crippen LogP) is 6.40. The highest BCUT2D eigenvalue weighted by Crippen LogP contribution is 2.24. The van der Waals surface area contributed by atoms with E-state index in [-0.39, 0.29) is 5.25 Å². The second kappa shape index (κ2) is 15.3. The first-order chi connectivity index (χ1) is 16.5. The van der Waals surface area contributed by atoms with E-state index in [0.29, 0.717) is 5.69 Å². The molecule has 0 spiro atoms. The molecule has 4 aromatic rings. The molecule has 0 radical (unpaired) electrons. The van der Waals surface area contributed by atoms with Crippen LogP contribution in [-0.4, -0.2) is 37.2 Å². The number of rotatable bonds is 7. The summed E-state index contributed by atoms with van der Waals surface area (Å²) < 4.78 is 1.08. The number of nitrogens with one attached hydrogen (secondary N) is 3. The Labute approximate surface area is 215 Å². The second-order valence-corrected chi connectivity index (χ2v) is 10.2. The third-order valence-corrected chi connectivity index (χ3v) is 6.93. The third kappa shape index (κ3) is 9.27. The van der Waals surface area contributed by atoms with Crippen molar-refractivity contribution in [3.63, 3.8) is 0 Å². The number of thioether (sulfide) groups is 1. The van der Waals surface area contributed by atoms with Crippen LogP contribution in [0.5, 0.6) is 0 Å². The maximum absolute atomic E-state index is 10.6. The Balaban J connectivity index is 0.000000194. The maximum atomic E-state index is 10.6. The zero-order chi connectivity index (χ0) is 24.8. The summed E-state index contributed by atoms with van der Waals surface area (Å²) in [7, 11) is 3.74. The lowest BCUT2D eigenvalue weighted by Crippen LogP contribution is -2.19. The van der Waals surface area contributed by atoms with Gasteiger partial charge in [0, 0.05) is 24.7 Å². The molecule has 0 saturated heterocycles. The fourth-order valence-electron chi connectivity index (χ4n) is 3.04. The lowest BCUT2D eigenvalue weighted by atomic mass is 10.1. The molecule has 0 bridgehead atoms.